The molecule has 0 bridgehead atoms. The van der Waals surface area contributed by atoms with Crippen LogP contribution in [0.1, 0.15) is 30.0 Å². The van der Waals surface area contributed by atoms with Gasteiger partial charge in [-0.2, -0.15) is 5.10 Å². The molecule has 1 atom stereocenters. The van der Waals surface area contributed by atoms with Gasteiger partial charge in [-0.1, -0.05) is 0 Å². The monoisotopic (exact) mass is 250 g/mol. The molecule has 0 spiro atoms. The van der Waals surface area contributed by atoms with Gasteiger partial charge in [0.25, 0.3) is 0 Å². The van der Waals surface area contributed by atoms with E-state index in [0.29, 0.717) is 0 Å². The zero-order valence-corrected chi connectivity index (χ0v) is 11.7. The van der Waals surface area contributed by atoms with E-state index in [0.717, 1.165) is 16.4 Å². The van der Waals surface area contributed by atoms with E-state index in [9.17, 15) is 0 Å². The Bertz CT molecular complexity index is 527. The van der Waals surface area contributed by atoms with Crippen LogP contribution < -0.4 is 5.32 Å². The third-order valence-corrected chi connectivity index (χ3v) is 4.00. The van der Waals surface area contributed by atoms with Crippen LogP contribution in [0.25, 0.3) is 10.6 Å². The van der Waals surface area contributed by atoms with Gasteiger partial charge in [0.2, 0.25) is 0 Å². The van der Waals surface area contributed by atoms with Crippen molar-refractivity contribution in [2.24, 2.45) is 7.05 Å². The molecule has 2 heterocycles. The summed E-state index contributed by atoms with van der Waals surface area (Å²) in [6.07, 6.45) is 0. The zero-order chi connectivity index (χ0) is 12.6. The minimum absolute atomic E-state index is 0.289. The van der Waals surface area contributed by atoms with Crippen molar-refractivity contribution in [1.29, 1.82) is 0 Å². The molecule has 1 N–H and O–H groups in total. The first-order valence-corrected chi connectivity index (χ1v) is 6.55. The topological polar surface area (TPSA) is 42.7 Å². The molecule has 0 saturated heterocycles. The summed E-state index contributed by atoms with van der Waals surface area (Å²) in [5.74, 6) is 0. The first-order chi connectivity index (χ1) is 8.04. The number of rotatable bonds is 3. The van der Waals surface area contributed by atoms with Gasteiger partial charge in [0.05, 0.1) is 17.0 Å². The predicted octanol–water partition coefficient (Wildman–Crippen LogP) is 2.44. The van der Waals surface area contributed by atoms with Gasteiger partial charge in [-0.05, 0) is 27.8 Å². The van der Waals surface area contributed by atoms with Gasteiger partial charge in [-0.3, -0.25) is 4.68 Å². The maximum Gasteiger partial charge on any atom is 0.127 e. The Kier molecular flexibility index (Phi) is 3.31. The summed E-state index contributed by atoms with van der Waals surface area (Å²) < 4.78 is 1.91. The summed E-state index contributed by atoms with van der Waals surface area (Å²) in [5.41, 5.74) is 4.48. The summed E-state index contributed by atoms with van der Waals surface area (Å²) in [6.45, 7) is 6.23. The average Bonchev–Trinajstić information content (AvgIpc) is 2.85. The molecule has 2 aromatic heterocycles. The molecular formula is C12H18N4S. The zero-order valence-electron chi connectivity index (χ0n) is 10.9. The molecule has 4 nitrogen and oxygen atoms in total. The highest BCUT2D eigenvalue weighted by Crippen LogP contribution is 2.30. The fourth-order valence-electron chi connectivity index (χ4n) is 1.83. The molecule has 17 heavy (non-hydrogen) atoms. The number of hydrogen-bond acceptors (Lipinski definition) is 4. The van der Waals surface area contributed by atoms with E-state index >= 15 is 0 Å². The van der Waals surface area contributed by atoms with Crippen molar-refractivity contribution in [3.8, 4) is 10.6 Å². The van der Waals surface area contributed by atoms with Crippen LogP contribution in [0.3, 0.4) is 0 Å². The molecule has 0 aromatic carbocycles. The van der Waals surface area contributed by atoms with Gasteiger partial charge in [-0.25, -0.2) is 4.98 Å². The Hall–Kier alpha value is -1.20. The lowest BCUT2D eigenvalue weighted by Crippen LogP contribution is -2.12. The fourth-order valence-corrected chi connectivity index (χ4v) is 2.89. The third-order valence-electron chi connectivity index (χ3n) is 3.12. The Balaban J connectivity index is 2.43. The van der Waals surface area contributed by atoms with E-state index in [2.05, 4.69) is 34.6 Å². The molecule has 0 amide bonds. The Morgan fingerprint density at radius 1 is 1.41 bits per heavy atom. The number of aromatic nitrogens is 3. The van der Waals surface area contributed by atoms with Crippen LogP contribution in [0.4, 0.5) is 0 Å². The predicted molar refractivity (Wildman–Crippen MR) is 71.3 cm³/mol. The summed E-state index contributed by atoms with van der Waals surface area (Å²) >= 11 is 1.68. The smallest absolute Gasteiger partial charge is 0.127 e. The maximum absolute atomic E-state index is 4.69. The lowest BCUT2D eigenvalue weighted by molar-refractivity contribution is 0.637. The van der Waals surface area contributed by atoms with Crippen LogP contribution in [-0.2, 0) is 7.05 Å². The number of nitrogens with one attached hydrogen (secondary N) is 1. The molecule has 92 valence electrons. The third kappa shape index (κ3) is 2.12. The molecule has 0 radical (unpaired) electrons. The van der Waals surface area contributed by atoms with Crippen LogP contribution in [0, 0.1) is 13.8 Å². The number of aryl methyl sites for hydroxylation is 2. The van der Waals surface area contributed by atoms with Crippen LogP contribution in [0.5, 0.6) is 0 Å². The fraction of sp³-hybridized carbons (Fsp3) is 0.500. The lowest BCUT2D eigenvalue weighted by Gasteiger charge is -2.05. The average molecular weight is 250 g/mol. The molecule has 0 saturated carbocycles. The number of thiazole rings is 1. The molecule has 0 aliphatic rings. The quantitative estimate of drug-likeness (QED) is 0.910. The first kappa shape index (κ1) is 12.3. The minimum atomic E-state index is 0.289. The van der Waals surface area contributed by atoms with Crippen LogP contribution in [0.15, 0.2) is 5.38 Å². The molecule has 0 aliphatic carbocycles. The van der Waals surface area contributed by atoms with Crippen LogP contribution in [-0.4, -0.2) is 21.8 Å². The first-order valence-electron chi connectivity index (χ1n) is 5.67. The Morgan fingerprint density at radius 2 is 2.12 bits per heavy atom. The summed E-state index contributed by atoms with van der Waals surface area (Å²) in [6, 6.07) is 0.289. The minimum Gasteiger partial charge on any atom is -0.312 e. The van der Waals surface area contributed by atoms with E-state index in [4.69, 9.17) is 0 Å². The highest BCUT2D eigenvalue weighted by atomic mass is 32.1. The second kappa shape index (κ2) is 4.58. The molecule has 2 aromatic rings. The van der Waals surface area contributed by atoms with E-state index in [-0.39, 0.29) is 6.04 Å². The maximum atomic E-state index is 4.69. The Morgan fingerprint density at radius 3 is 2.65 bits per heavy atom. The highest BCUT2D eigenvalue weighted by molar-refractivity contribution is 7.13. The van der Waals surface area contributed by atoms with Crippen molar-refractivity contribution < 1.29 is 0 Å². The molecule has 2 rings (SSSR count). The van der Waals surface area contributed by atoms with Gasteiger partial charge in [0.1, 0.15) is 5.01 Å². The van der Waals surface area contributed by atoms with Crippen LogP contribution in [0.2, 0.25) is 0 Å². The van der Waals surface area contributed by atoms with Crippen LogP contribution >= 0.6 is 11.3 Å². The second-order valence-electron chi connectivity index (χ2n) is 4.26. The SMILES string of the molecule is CNC(C)c1csc(-c2c(C)nn(C)c2C)n1. The van der Waals surface area contributed by atoms with Crippen molar-refractivity contribution in [3.05, 3.63) is 22.5 Å². The number of hydrogen-bond donors (Lipinski definition) is 1. The molecule has 0 fully saturated rings. The summed E-state index contributed by atoms with van der Waals surface area (Å²) in [4.78, 5) is 4.69. The molecule has 5 heteroatoms. The van der Waals surface area contributed by atoms with Gasteiger partial charge < -0.3 is 5.32 Å². The summed E-state index contributed by atoms with van der Waals surface area (Å²) in [7, 11) is 3.92. The summed E-state index contributed by atoms with van der Waals surface area (Å²) in [5, 5.41) is 10.8. The number of nitrogens with zero attached hydrogens (tertiary/aromatic N) is 3. The molecule has 0 aliphatic heterocycles. The standard InChI is InChI=1S/C12H18N4S/c1-7(13-4)10-6-17-12(14-10)11-8(2)15-16(5)9(11)3/h6-7,13H,1-5H3. The van der Waals surface area contributed by atoms with E-state index in [1.807, 2.05) is 25.7 Å². The van der Waals surface area contributed by atoms with E-state index in [1.165, 1.54) is 11.3 Å². The molecular weight excluding hydrogens is 232 g/mol. The molecule has 1 unspecified atom stereocenters. The highest BCUT2D eigenvalue weighted by Gasteiger charge is 2.16. The normalized spacial score (nSPS) is 13.0. The van der Waals surface area contributed by atoms with Gasteiger partial charge >= 0.3 is 0 Å². The van der Waals surface area contributed by atoms with Crippen molar-refractivity contribution in [2.75, 3.05) is 7.05 Å². The van der Waals surface area contributed by atoms with E-state index in [1.54, 1.807) is 11.3 Å². The van der Waals surface area contributed by atoms with Gasteiger partial charge in [0.15, 0.2) is 0 Å². The Labute approximate surface area is 106 Å². The van der Waals surface area contributed by atoms with Crippen molar-refractivity contribution in [1.82, 2.24) is 20.1 Å². The van der Waals surface area contributed by atoms with Crippen molar-refractivity contribution in [3.63, 3.8) is 0 Å². The van der Waals surface area contributed by atoms with Gasteiger partial charge in [0, 0.05) is 24.2 Å². The second-order valence-corrected chi connectivity index (χ2v) is 5.12. The van der Waals surface area contributed by atoms with Crippen molar-refractivity contribution in [2.45, 2.75) is 26.8 Å². The van der Waals surface area contributed by atoms with Crippen molar-refractivity contribution >= 4 is 11.3 Å². The van der Waals surface area contributed by atoms with Gasteiger partial charge in [-0.15, -0.1) is 11.3 Å². The van der Waals surface area contributed by atoms with E-state index < -0.39 is 0 Å². The lowest BCUT2D eigenvalue weighted by atomic mass is 10.2. The largest absolute Gasteiger partial charge is 0.312 e.